The van der Waals surface area contributed by atoms with Crippen LogP contribution in [0, 0.1) is 11.8 Å². The van der Waals surface area contributed by atoms with E-state index in [-0.39, 0.29) is 5.92 Å². The Morgan fingerprint density at radius 1 is 1.35 bits per heavy atom. The minimum absolute atomic E-state index is 0.189. The van der Waals surface area contributed by atoms with Crippen molar-refractivity contribution in [3.63, 3.8) is 0 Å². The maximum atomic E-state index is 12.6. The van der Waals surface area contributed by atoms with E-state index in [1.165, 1.54) is 6.42 Å². The predicted molar refractivity (Wildman–Crippen MR) is 74.9 cm³/mol. The molecule has 1 amide bonds. The summed E-state index contributed by atoms with van der Waals surface area (Å²) in [5.74, 6) is 1.04. The molecule has 1 aromatic heterocycles. The van der Waals surface area contributed by atoms with Crippen LogP contribution < -0.4 is 5.32 Å². The molecule has 1 N–H and O–H groups in total. The van der Waals surface area contributed by atoms with E-state index in [0.717, 1.165) is 52.0 Å². The minimum Gasteiger partial charge on any atom is -0.342 e. The first kappa shape index (κ1) is 13.5. The summed E-state index contributed by atoms with van der Waals surface area (Å²) >= 11 is 0. The van der Waals surface area contributed by atoms with Crippen molar-refractivity contribution < 1.29 is 4.79 Å². The molecule has 0 radical (unpaired) electrons. The van der Waals surface area contributed by atoms with Crippen LogP contribution in [0.5, 0.6) is 0 Å². The smallest absolute Gasteiger partial charge is 0.226 e. The summed E-state index contributed by atoms with van der Waals surface area (Å²) < 4.78 is 1.88. The van der Waals surface area contributed by atoms with Crippen molar-refractivity contribution in [1.82, 2.24) is 25.0 Å². The van der Waals surface area contributed by atoms with Crippen LogP contribution in [0.25, 0.3) is 0 Å². The third-order valence-corrected chi connectivity index (χ3v) is 4.39. The highest BCUT2D eigenvalue weighted by atomic mass is 16.2. The number of likely N-dealkylation sites (tertiary alicyclic amines) is 1. The Labute approximate surface area is 119 Å². The Morgan fingerprint density at radius 2 is 2.30 bits per heavy atom. The molecule has 20 heavy (non-hydrogen) atoms. The van der Waals surface area contributed by atoms with E-state index in [2.05, 4.69) is 20.3 Å². The molecule has 0 saturated carbocycles. The maximum absolute atomic E-state index is 12.6. The second-order valence-corrected chi connectivity index (χ2v) is 5.95. The Morgan fingerprint density at radius 3 is 3.05 bits per heavy atom. The van der Waals surface area contributed by atoms with Gasteiger partial charge in [-0.15, -0.1) is 0 Å². The van der Waals surface area contributed by atoms with Gasteiger partial charge >= 0.3 is 0 Å². The van der Waals surface area contributed by atoms with E-state index in [1.54, 1.807) is 12.7 Å². The summed E-state index contributed by atoms with van der Waals surface area (Å²) in [6.45, 7) is 4.56. The number of rotatable bonds is 3. The van der Waals surface area contributed by atoms with Crippen molar-refractivity contribution in [2.24, 2.45) is 11.8 Å². The molecule has 2 aliphatic heterocycles. The molecule has 3 heterocycles. The highest BCUT2D eigenvalue weighted by molar-refractivity contribution is 5.79. The SMILES string of the molecule is O=C(C1CCCNC1)N1CCCC(Cn2cncn2)C1. The molecule has 0 aromatic carbocycles. The molecule has 6 nitrogen and oxygen atoms in total. The van der Waals surface area contributed by atoms with Gasteiger partial charge in [0.2, 0.25) is 5.91 Å². The average Bonchev–Trinajstić information content (AvgIpc) is 3.01. The fourth-order valence-corrected chi connectivity index (χ4v) is 3.33. The number of carbonyl (C=O) groups is 1. The van der Waals surface area contributed by atoms with E-state index in [9.17, 15) is 4.79 Å². The fraction of sp³-hybridized carbons (Fsp3) is 0.786. The van der Waals surface area contributed by atoms with Gasteiger partial charge < -0.3 is 10.2 Å². The van der Waals surface area contributed by atoms with Crippen LogP contribution in [0.4, 0.5) is 0 Å². The highest BCUT2D eigenvalue weighted by Gasteiger charge is 2.29. The van der Waals surface area contributed by atoms with Gasteiger partial charge in [0.05, 0.1) is 5.92 Å². The third-order valence-electron chi connectivity index (χ3n) is 4.39. The van der Waals surface area contributed by atoms with Gasteiger partial charge in [0.15, 0.2) is 0 Å². The summed E-state index contributed by atoms with van der Waals surface area (Å²) in [4.78, 5) is 18.6. The van der Waals surface area contributed by atoms with Gasteiger partial charge in [-0.1, -0.05) is 0 Å². The van der Waals surface area contributed by atoms with E-state index in [4.69, 9.17) is 0 Å². The van der Waals surface area contributed by atoms with E-state index in [0.29, 0.717) is 11.8 Å². The van der Waals surface area contributed by atoms with Crippen LogP contribution in [0.3, 0.4) is 0 Å². The zero-order valence-electron chi connectivity index (χ0n) is 11.9. The van der Waals surface area contributed by atoms with Crippen molar-refractivity contribution in [3.05, 3.63) is 12.7 Å². The minimum atomic E-state index is 0.189. The molecule has 6 heteroatoms. The first-order valence-corrected chi connectivity index (χ1v) is 7.65. The van der Waals surface area contributed by atoms with Crippen molar-refractivity contribution in [3.8, 4) is 0 Å². The van der Waals surface area contributed by atoms with E-state index in [1.807, 2.05) is 4.68 Å². The Kier molecular flexibility index (Phi) is 4.30. The van der Waals surface area contributed by atoms with Crippen LogP contribution >= 0.6 is 0 Å². The van der Waals surface area contributed by atoms with Crippen molar-refractivity contribution >= 4 is 5.91 Å². The predicted octanol–water partition coefficient (Wildman–Crippen LogP) is 0.516. The quantitative estimate of drug-likeness (QED) is 0.875. The standard InChI is InChI=1S/C14H23N5O/c20-14(13-4-1-5-15-7-13)18-6-2-3-12(8-18)9-19-11-16-10-17-19/h10-13,15H,1-9H2. The molecule has 0 aliphatic carbocycles. The van der Waals surface area contributed by atoms with Gasteiger partial charge in [-0.25, -0.2) is 4.98 Å². The largest absolute Gasteiger partial charge is 0.342 e. The lowest BCUT2D eigenvalue weighted by molar-refractivity contribution is -0.138. The molecule has 0 bridgehead atoms. The molecule has 2 fully saturated rings. The molecule has 2 atom stereocenters. The first-order chi connectivity index (χ1) is 9.83. The summed E-state index contributed by atoms with van der Waals surface area (Å²) in [5.41, 5.74) is 0. The van der Waals surface area contributed by atoms with Crippen LogP contribution in [0.2, 0.25) is 0 Å². The highest BCUT2D eigenvalue weighted by Crippen LogP contribution is 2.21. The van der Waals surface area contributed by atoms with Crippen molar-refractivity contribution in [1.29, 1.82) is 0 Å². The summed E-state index contributed by atoms with van der Waals surface area (Å²) in [5, 5.41) is 7.49. The lowest BCUT2D eigenvalue weighted by Gasteiger charge is -2.36. The second kappa shape index (κ2) is 6.35. The number of hydrogen-bond acceptors (Lipinski definition) is 4. The lowest BCUT2D eigenvalue weighted by Crippen LogP contribution is -2.47. The molecule has 110 valence electrons. The third kappa shape index (κ3) is 3.17. The Bertz CT molecular complexity index is 427. The molecule has 2 saturated heterocycles. The van der Waals surface area contributed by atoms with Crippen molar-refractivity contribution in [2.75, 3.05) is 26.2 Å². The molecular formula is C14H23N5O. The van der Waals surface area contributed by atoms with Gasteiger partial charge in [-0.2, -0.15) is 5.10 Å². The summed E-state index contributed by atoms with van der Waals surface area (Å²) in [6.07, 6.45) is 7.76. The molecule has 1 aromatic rings. The monoisotopic (exact) mass is 277 g/mol. The average molecular weight is 277 g/mol. The number of amides is 1. The Hall–Kier alpha value is -1.43. The van der Waals surface area contributed by atoms with E-state index >= 15 is 0 Å². The van der Waals surface area contributed by atoms with Gasteiger partial charge in [0, 0.05) is 26.2 Å². The van der Waals surface area contributed by atoms with Crippen molar-refractivity contribution in [2.45, 2.75) is 32.2 Å². The van der Waals surface area contributed by atoms with Gasteiger partial charge in [0.25, 0.3) is 0 Å². The topological polar surface area (TPSA) is 63.1 Å². The van der Waals surface area contributed by atoms with Crippen LogP contribution in [-0.4, -0.2) is 51.8 Å². The number of nitrogens with one attached hydrogen (secondary N) is 1. The molecule has 0 spiro atoms. The van der Waals surface area contributed by atoms with Crippen LogP contribution in [0.1, 0.15) is 25.7 Å². The molecule has 2 aliphatic rings. The lowest BCUT2D eigenvalue weighted by atomic mass is 9.94. The zero-order valence-corrected chi connectivity index (χ0v) is 11.9. The second-order valence-electron chi connectivity index (χ2n) is 5.95. The zero-order chi connectivity index (χ0) is 13.8. The number of nitrogens with zero attached hydrogens (tertiary/aromatic N) is 4. The molecular weight excluding hydrogens is 254 g/mol. The first-order valence-electron chi connectivity index (χ1n) is 7.65. The number of piperidine rings is 2. The van der Waals surface area contributed by atoms with E-state index < -0.39 is 0 Å². The van der Waals surface area contributed by atoms with Crippen LogP contribution in [-0.2, 0) is 11.3 Å². The van der Waals surface area contributed by atoms with Gasteiger partial charge in [0.1, 0.15) is 12.7 Å². The fourth-order valence-electron chi connectivity index (χ4n) is 3.33. The van der Waals surface area contributed by atoms with Gasteiger partial charge in [-0.3, -0.25) is 9.48 Å². The Balaban J connectivity index is 1.55. The van der Waals surface area contributed by atoms with Crippen LogP contribution in [0.15, 0.2) is 12.7 Å². The number of hydrogen-bond donors (Lipinski definition) is 1. The normalized spacial score (nSPS) is 27.5. The molecule has 2 unspecified atom stereocenters. The number of carbonyl (C=O) groups excluding carboxylic acids is 1. The summed E-state index contributed by atoms with van der Waals surface area (Å²) in [6, 6.07) is 0. The van der Waals surface area contributed by atoms with Gasteiger partial charge in [-0.05, 0) is 38.1 Å². The maximum Gasteiger partial charge on any atom is 0.226 e. The molecule has 3 rings (SSSR count). The number of aromatic nitrogens is 3. The summed E-state index contributed by atoms with van der Waals surface area (Å²) in [7, 11) is 0.